The van der Waals surface area contributed by atoms with Crippen LogP contribution in [0.25, 0.3) is 0 Å². The van der Waals surface area contributed by atoms with Gasteiger partial charge in [-0.2, -0.15) is 0 Å². The van der Waals surface area contributed by atoms with Gasteiger partial charge in [0.15, 0.2) is 0 Å². The number of hydrogen-bond acceptors (Lipinski definition) is 4. The minimum atomic E-state index is -1.02. The zero-order chi connectivity index (χ0) is 16.9. The summed E-state index contributed by atoms with van der Waals surface area (Å²) in [4.78, 5) is 12.1. The highest BCUT2D eigenvalue weighted by Crippen LogP contribution is 2.24. The molecule has 1 aromatic heterocycles. The van der Waals surface area contributed by atoms with Crippen molar-refractivity contribution in [2.24, 2.45) is 0 Å². The van der Waals surface area contributed by atoms with Crippen molar-refractivity contribution in [2.75, 3.05) is 6.61 Å². The highest BCUT2D eigenvalue weighted by molar-refractivity contribution is 5.79. The Hall–Kier alpha value is -2.30. The van der Waals surface area contributed by atoms with Crippen LogP contribution in [0.2, 0.25) is 0 Å². The summed E-state index contributed by atoms with van der Waals surface area (Å²) in [5.74, 6) is 0.109. The van der Waals surface area contributed by atoms with Gasteiger partial charge in [0.25, 0.3) is 0 Å². The van der Waals surface area contributed by atoms with Gasteiger partial charge < -0.3 is 9.47 Å². The monoisotopic (exact) mass is 316 g/mol. The molecule has 0 saturated heterocycles. The highest BCUT2D eigenvalue weighted by atomic mass is 16.6. The van der Waals surface area contributed by atoms with Crippen LogP contribution in [0.1, 0.15) is 38.3 Å². The molecule has 2 rings (SSSR count). The van der Waals surface area contributed by atoms with Crippen LogP contribution < -0.4 is 4.74 Å². The van der Waals surface area contributed by atoms with Gasteiger partial charge in [0, 0.05) is 11.8 Å². The summed E-state index contributed by atoms with van der Waals surface area (Å²) in [6, 6.07) is 10.1. The average Bonchev–Trinajstić information content (AvgIpc) is 2.87. The Labute approximate surface area is 137 Å². The predicted molar refractivity (Wildman–Crippen MR) is 88.5 cm³/mol. The number of benzene rings is 1. The molecule has 124 valence electrons. The van der Waals surface area contributed by atoms with E-state index < -0.39 is 5.60 Å². The van der Waals surface area contributed by atoms with Gasteiger partial charge in [-0.1, -0.05) is 37.3 Å². The molecule has 0 bridgehead atoms. The van der Waals surface area contributed by atoms with Crippen LogP contribution in [-0.4, -0.2) is 28.0 Å². The van der Waals surface area contributed by atoms with Crippen LogP contribution in [0, 0.1) is 6.92 Å². The van der Waals surface area contributed by atoms with Crippen molar-refractivity contribution in [1.29, 1.82) is 0 Å². The third-order valence-corrected chi connectivity index (χ3v) is 3.79. The van der Waals surface area contributed by atoms with E-state index >= 15 is 0 Å². The third kappa shape index (κ3) is 4.12. The molecule has 0 amide bonds. The molecule has 1 aromatic carbocycles. The van der Waals surface area contributed by atoms with Crippen LogP contribution in [0.5, 0.6) is 5.88 Å². The number of carbonyl (C=O) groups is 1. The van der Waals surface area contributed by atoms with Crippen molar-refractivity contribution in [3.05, 3.63) is 47.7 Å². The summed E-state index contributed by atoms with van der Waals surface area (Å²) in [5.41, 5.74) is 1.03. The molecule has 0 saturated carbocycles. The topological polar surface area (TPSA) is 53.4 Å². The summed E-state index contributed by atoms with van der Waals surface area (Å²) >= 11 is 0. The second-order valence-corrected chi connectivity index (χ2v) is 5.71. The maximum Gasteiger partial charge on any atom is 0.350 e. The summed E-state index contributed by atoms with van der Waals surface area (Å²) in [6.07, 6.45) is 2.43. The lowest BCUT2D eigenvalue weighted by Gasteiger charge is -2.26. The van der Waals surface area contributed by atoms with Crippen molar-refractivity contribution < 1.29 is 14.3 Å². The molecule has 0 N–H and O–H groups in total. The molecule has 1 atom stereocenters. The third-order valence-electron chi connectivity index (χ3n) is 3.79. The molecular weight excluding hydrogens is 292 g/mol. The fraction of sp³-hybridized carbons (Fsp3) is 0.444. The van der Waals surface area contributed by atoms with E-state index in [0.29, 0.717) is 25.5 Å². The SMILES string of the molecule is CCOC(=O)C(C)(CC)Oc1nn(Cc2ccccc2)cc1C. The van der Waals surface area contributed by atoms with Crippen LogP contribution in [0.15, 0.2) is 36.5 Å². The molecule has 5 nitrogen and oxygen atoms in total. The van der Waals surface area contributed by atoms with E-state index in [1.807, 2.05) is 55.1 Å². The van der Waals surface area contributed by atoms with Crippen LogP contribution in [-0.2, 0) is 16.1 Å². The van der Waals surface area contributed by atoms with Crippen LogP contribution in [0.4, 0.5) is 0 Å². The van der Waals surface area contributed by atoms with Gasteiger partial charge >= 0.3 is 5.97 Å². The van der Waals surface area contributed by atoms with Crippen molar-refractivity contribution in [3.63, 3.8) is 0 Å². The lowest BCUT2D eigenvalue weighted by Crippen LogP contribution is -2.42. The normalized spacial score (nSPS) is 13.4. The summed E-state index contributed by atoms with van der Waals surface area (Å²) in [6.45, 7) is 8.33. The largest absolute Gasteiger partial charge is 0.463 e. The van der Waals surface area contributed by atoms with E-state index in [1.54, 1.807) is 13.8 Å². The molecule has 0 aliphatic carbocycles. The van der Waals surface area contributed by atoms with Crippen molar-refractivity contribution in [3.8, 4) is 5.88 Å². The average molecular weight is 316 g/mol. The Bertz CT molecular complexity index is 652. The Kier molecular flexibility index (Phi) is 5.42. The van der Waals surface area contributed by atoms with Gasteiger partial charge in [-0.15, -0.1) is 5.10 Å². The molecule has 23 heavy (non-hydrogen) atoms. The molecule has 1 heterocycles. The zero-order valence-corrected chi connectivity index (χ0v) is 14.2. The van der Waals surface area contributed by atoms with Gasteiger partial charge in [-0.3, -0.25) is 4.68 Å². The van der Waals surface area contributed by atoms with Crippen molar-refractivity contribution in [2.45, 2.75) is 46.3 Å². The molecule has 0 aliphatic rings. The first kappa shape index (κ1) is 17.1. The maximum atomic E-state index is 12.1. The molecular formula is C18H24N2O3. The number of aromatic nitrogens is 2. The lowest BCUT2D eigenvalue weighted by molar-refractivity contribution is -0.160. The number of rotatable bonds is 7. The van der Waals surface area contributed by atoms with Crippen LogP contribution in [0.3, 0.4) is 0 Å². The Balaban J connectivity index is 2.15. The first-order valence-electron chi connectivity index (χ1n) is 7.92. The van der Waals surface area contributed by atoms with Gasteiger partial charge in [-0.05, 0) is 32.8 Å². The molecule has 2 aromatic rings. The van der Waals surface area contributed by atoms with E-state index in [9.17, 15) is 4.79 Å². The maximum absolute atomic E-state index is 12.1. The first-order valence-corrected chi connectivity index (χ1v) is 7.92. The summed E-state index contributed by atoms with van der Waals surface area (Å²) in [5, 5.41) is 4.47. The fourth-order valence-electron chi connectivity index (χ4n) is 2.21. The molecule has 0 fully saturated rings. The smallest absolute Gasteiger partial charge is 0.350 e. The number of aryl methyl sites for hydroxylation is 1. The van der Waals surface area contributed by atoms with Gasteiger partial charge in [0.1, 0.15) is 0 Å². The number of carbonyl (C=O) groups excluding carboxylic acids is 1. The number of ether oxygens (including phenoxy) is 2. The van der Waals surface area contributed by atoms with Gasteiger partial charge in [-0.25, -0.2) is 4.79 Å². The van der Waals surface area contributed by atoms with Gasteiger partial charge in [0.2, 0.25) is 11.5 Å². The number of hydrogen-bond donors (Lipinski definition) is 0. The lowest BCUT2D eigenvalue weighted by atomic mass is 10.0. The minimum Gasteiger partial charge on any atom is -0.463 e. The standard InChI is InChI=1S/C18H24N2O3/c1-5-18(4,17(21)22-6-2)23-16-14(3)12-20(19-16)13-15-10-8-7-9-11-15/h7-12H,5-6,13H2,1-4H3. The molecule has 0 aliphatic heterocycles. The number of nitrogens with zero attached hydrogens (tertiary/aromatic N) is 2. The van der Waals surface area contributed by atoms with Gasteiger partial charge in [0.05, 0.1) is 13.2 Å². The fourth-order valence-corrected chi connectivity index (χ4v) is 2.21. The summed E-state index contributed by atoms with van der Waals surface area (Å²) in [7, 11) is 0. The van der Waals surface area contributed by atoms with E-state index in [1.165, 1.54) is 0 Å². The van der Waals surface area contributed by atoms with E-state index in [0.717, 1.165) is 11.1 Å². The van der Waals surface area contributed by atoms with Crippen molar-refractivity contribution >= 4 is 5.97 Å². The van der Waals surface area contributed by atoms with E-state index in [-0.39, 0.29) is 5.97 Å². The second kappa shape index (κ2) is 7.31. The molecule has 0 radical (unpaired) electrons. The minimum absolute atomic E-state index is 0.333. The van der Waals surface area contributed by atoms with E-state index in [4.69, 9.17) is 9.47 Å². The van der Waals surface area contributed by atoms with E-state index in [2.05, 4.69) is 5.10 Å². The zero-order valence-electron chi connectivity index (χ0n) is 14.2. The quantitative estimate of drug-likeness (QED) is 0.735. The predicted octanol–water partition coefficient (Wildman–Crippen LogP) is 3.35. The Morgan fingerprint density at radius 2 is 1.96 bits per heavy atom. The van der Waals surface area contributed by atoms with Crippen molar-refractivity contribution in [1.82, 2.24) is 9.78 Å². The van der Waals surface area contributed by atoms with Crippen LogP contribution >= 0.6 is 0 Å². The Morgan fingerprint density at radius 3 is 2.57 bits per heavy atom. The Morgan fingerprint density at radius 1 is 1.26 bits per heavy atom. The molecule has 1 unspecified atom stereocenters. The summed E-state index contributed by atoms with van der Waals surface area (Å²) < 4.78 is 12.8. The second-order valence-electron chi connectivity index (χ2n) is 5.71. The highest BCUT2D eigenvalue weighted by Gasteiger charge is 2.36. The molecule has 5 heteroatoms. The molecule has 0 spiro atoms. The first-order chi connectivity index (χ1) is 11.0. The number of esters is 1.